The lowest BCUT2D eigenvalue weighted by molar-refractivity contribution is -0.227. The Hall–Kier alpha value is -3.23. The smallest absolute Gasteiger partial charge is 0.349 e. The number of nitrogens with one attached hydrogen (secondary N) is 1. The van der Waals surface area contributed by atoms with E-state index in [2.05, 4.69) is 15.8 Å². The lowest BCUT2D eigenvalue weighted by Gasteiger charge is -2.42. The molecule has 1 saturated heterocycles. The van der Waals surface area contributed by atoms with Gasteiger partial charge in [0, 0.05) is 6.54 Å². The normalized spacial score (nSPS) is 21.8. The van der Waals surface area contributed by atoms with Crippen molar-refractivity contribution in [3.8, 4) is 0 Å². The van der Waals surface area contributed by atoms with E-state index in [0.29, 0.717) is 24.2 Å². The number of hydrogen-bond donors (Lipinski definition) is 1. The maximum Gasteiger partial charge on any atom is 0.416 e. The zero-order chi connectivity index (χ0) is 27.0. The van der Waals surface area contributed by atoms with Gasteiger partial charge in [0.15, 0.2) is 6.29 Å². The van der Waals surface area contributed by atoms with E-state index in [-0.39, 0.29) is 30.6 Å². The molecule has 0 unspecified atom stereocenters. The van der Waals surface area contributed by atoms with Gasteiger partial charge in [0.2, 0.25) is 0 Å². The molecule has 4 rings (SSSR count). The maximum absolute atomic E-state index is 13.6. The van der Waals surface area contributed by atoms with Crippen LogP contribution < -0.4 is 10.9 Å². The highest BCUT2D eigenvalue weighted by Gasteiger charge is 2.40. The number of amidine groups is 1. The Morgan fingerprint density at radius 2 is 1.70 bits per heavy atom. The number of halogens is 7. The second-order valence-corrected chi connectivity index (χ2v) is 8.39. The van der Waals surface area contributed by atoms with E-state index in [1.54, 1.807) is 4.90 Å². The van der Waals surface area contributed by atoms with E-state index in [1.165, 1.54) is 31.2 Å². The highest BCUT2D eigenvalue weighted by molar-refractivity contribution is 5.99. The van der Waals surface area contributed by atoms with Gasteiger partial charge in [-0.25, -0.2) is 9.18 Å². The molecule has 0 spiro atoms. The summed E-state index contributed by atoms with van der Waals surface area (Å²) in [5.41, 5.74) is 3.14. The summed E-state index contributed by atoms with van der Waals surface area (Å²) in [5, 5.41) is 0. The Labute approximate surface area is 206 Å². The van der Waals surface area contributed by atoms with Gasteiger partial charge in [0.05, 0.1) is 36.4 Å². The van der Waals surface area contributed by atoms with Crippen LogP contribution in [-0.4, -0.2) is 42.8 Å². The van der Waals surface area contributed by atoms with Gasteiger partial charge in [-0.3, -0.25) is 10.3 Å². The summed E-state index contributed by atoms with van der Waals surface area (Å²) >= 11 is 0. The molecule has 37 heavy (non-hydrogen) atoms. The molecule has 2 heterocycles. The fraction of sp³-hybridized carbons (Fsp3) is 0.391. The van der Waals surface area contributed by atoms with Crippen molar-refractivity contribution in [1.82, 2.24) is 15.8 Å². The first-order valence-corrected chi connectivity index (χ1v) is 11.0. The van der Waals surface area contributed by atoms with Crippen LogP contribution in [0.15, 0.2) is 47.5 Å². The number of urea groups is 1. The van der Waals surface area contributed by atoms with Gasteiger partial charge in [0.25, 0.3) is 0 Å². The minimum absolute atomic E-state index is 0.0397. The average Bonchev–Trinajstić information content (AvgIpc) is 3.23. The van der Waals surface area contributed by atoms with E-state index in [4.69, 9.17) is 9.47 Å². The molecular formula is C23H20F7N4O3. The summed E-state index contributed by atoms with van der Waals surface area (Å²) in [4.78, 5) is 16.9. The quantitative estimate of drug-likeness (QED) is 0.530. The van der Waals surface area contributed by atoms with E-state index in [0.717, 1.165) is 0 Å². The zero-order valence-electron chi connectivity index (χ0n) is 19.1. The van der Waals surface area contributed by atoms with Crippen LogP contribution in [0.2, 0.25) is 0 Å². The minimum atomic E-state index is -5.01. The lowest BCUT2D eigenvalue weighted by Crippen LogP contribution is -2.49. The first-order chi connectivity index (χ1) is 17.3. The van der Waals surface area contributed by atoms with E-state index < -0.39 is 53.8 Å². The van der Waals surface area contributed by atoms with Crippen LogP contribution in [0.4, 0.5) is 35.5 Å². The van der Waals surface area contributed by atoms with Crippen LogP contribution >= 0.6 is 0 Å². The number of aliphatic imine (C=N–C) groups is 1. The Morgan fingerprint density at radius 1 is 1.08 bits per heavy atom. The molecule has 7 nitrogen and oxygen atoms in total. The third-order valence-electron chi connectivity index (χ3n) is 5.81. The molecule has 0 bridgehead atoms. The number of amides is 2. The molecule has 0 aliphatic carbocycles. The van der Waals surface area contributed by atoms with Crippen molar-refractivity contribution in [1.29, 1.82) is 0 Å². The molecule has 1 N–H and O–H groups in total. The largest absolute Gasteiger partial charge is 0.416 e. The molecule has 2 amide bonds. The Balaban J connectivity index is 1.65. The molecule has 14 heteroatoms. The number of hydrogen-bond acceptors (Lipinski definition) is 5. The van der Waals surface area contributed by atoms with Gasteiger partial charge in [-0.1, -0.05) is 12.1 Å². The summed E-state index contributed by atoms with van der Waals surface area (Å²) in [6, 6.07) is 5.01. The summed E-state index contributed by atoms with van der Waals surface area (Å²) in [6.07, 6.45) is -12.5. The van der Waals surface area contributed by atoms with Crippen molar-refractivity contribution in [3.05, 3.63) is 70.5 Å². The zero-order valence-corrected chi connectivity index (χ0v) is 19.1. The van der Waals surface area contributed by atoms with Crippen LogP contribution in [0.5, 0.6) is 0 Å². The van der Waals surface area contributed by atoms with Gasteiger partial charge in [-0.2, -0.15) is 31.3 Å². The van der Waals surface area contributed by atoms with Gasteiger partial charge in [-0.05, 0) is 48.4 Å². The molecule has 1 fully saturated rings. The predicted octanol–water partition coefficient (Wildman–Crippen LogP) is 4.98. The maximum atomic E-state index is 13.6. The number of benzene rings is 2. The van der Waals surface area contributed by atoms with Crippen LogP contribution in [0.3, 0.4) is 0 Å². The molecule has 2 aromatic carbocycles. The van der Waals surface area contributed by atoms with E-state index in [9.17, 15) is 35.5 Å². The van der Waals surface area contributed by atoms with Crippen LogP contribution in [0, 0.1) is 5.82 Å². The summed E-state index contributed by atoms with van der Waals surface area (Å²) in [6.45, 7) is 1.76. The summed E-state index contributed by atoms with van der Waals surface area (Å²) in [7, 11) is 0. The van der Waals surface area contributed by atoms with Crippen molar-refractivity contribution >= 4 is 11.9 Å². The fourth-order valence-corrected chi connectivity index (χ4v) is 4.04. The third kappa shape index (κ3) is 6.37. The number of morpholine rings is 1. The molecule has 3 atom stereocenters. The van der Waals surface area contributed by atoms with E-state index >= 15 is 0 Å². The first-order valence-electron chi connectivity index (χ1n) is 11.0. The topological polar surface area (TPSA) is 77.3 Å². The van der Waals surface area contributed by atoms with Gasteiger partial charge in [0.1, 0.15) is 11.7 Å². The number of rotatable bonds is 6. The molecule has 199 valence electrons. The number of carbonyl (C=O) groups excluding carboxylic acids is 1. The van der Waals surface area contributed by atoms with Crippen molar-refractivity contribution in [3.63, 3.8) is 0 Å². The van der Waals surface area contributed by atoms with Crippen LogP contribution in [0.25, 0.3) is 0 Å². The number of carbonyl (C=O) groups is 1. The predicted molar refractivity (Wildman–Crippen MR) is 115 cm³/mol. The van der Waals surface area contributed by atoms with Gasteiger partial charge >= 0.3 is 18.4 Å². The minimum Gasteiger partial charge on any atom is -0.349 e. The lowest BCUT2D eigenvalue weighted by atomic mass is 10.0. The summed E-state index contributed by atoms with van der Waals surface area (Å²) < 4.78 is 105. The van der Waals surface area contributed by atoms with Crippen molar-refractivity contribution in [2.75, 3.05) is 19.7 Å². The average molecular weight is 533 g/mol. The summed E-state index contributed by atoms with van der Waals surface area (Å²) in [5.74, 6) is -0.300. The molecule has 2 aromatic rings. The Bertz CT molecular complexity index is 1140. The van der Waals surface area contributed by atoms with Crippen LogP contribution in [-0.2, 0) is 21.8 Å². The highest BCUT2D eigenvalue weighted by atomic mass is 19.4. The molecule has 1 radical (unpaired) electrons. The van der Waals surface area contributed by atoms with Gasteiger partial charge in [-0.15, -0.1) is 5.43 Å². The fourth-order valence-electron chi connectivity index (χ4n) is 4.04. The van der Waals surface area contributed by atoms with Crippen molar-refractivity contribution < 1.29 is 45.0 Å². The number of ether oxygens (including phenoxy) is 2. The number of nitrogens with zero attached hydrogens (tertiary/aromatic N) is 3. The Morgan fingerprint density at radius 3 is 2.24 bits per heavy atom. The molecule has 0 aromatic heterocycles. The van der Waals surface area contributed by atoms with E-state index in [1.807, 2.05) is 0 Å². The Kier molecular flexibility index (Phi) is 7.44. The monoisotopic (exact) mass is 533 g/mol. The van der Waals surface area contributed by atoms with Crippen molar-refractivity contribution in [2.45, 2.75) is 37.7 Å². The second-order valence-electron chi connectivity index (χ2n) is 8.39. The standard InChI is InChI=1S/C23H20F7N4O3/c1-12(14-8-15(22(25,26)27)10-16(9-14)23(28,29)30)37-20-19(13-2-4-17(24)5-3-13)34(6-7-36-20)11-18-31-21(35)33-32-18/h2-5,8-10,12,19-20H,6-7,11H2,1H3,(H,31,32,35)/t12-,19+,20-/m1/s1. The molecule has 2 aliphatic rings. The van der Waals surface area contributed by atoms with Crippen LogP contribution in [0.1, 0.15) is 41.3 Å². The molecule has 0 saturated carbocycles. The highest BCUT2D eigenvalue weighted by Crippen LogP contribution is 2.39. The second kappa shape index (κ2) is 10.3. The third-order valence-corrected chi connectivity index (χ3v) is 5.81. The SMILES string of the molecule is C[C@@H](O[C@H]1OCCN(CC2=NC(=O)[N]N2)[C@H]1c1ccc(F)cc1)c1cc(C(F)(F)F)cc(C(F)(F)F)c1. The molecule has 2 aliphatic heterocycles. The first kappa shape index (κ1) is 26.8. The molecular weight excluding hydrogens is 513 g/mol. The number of alkyl halides is 6. The van der Waals surface area contributed by atoms with Gasteiger partial charge < -0.3 is 9.47 Å². The van der Waals surface area contributed by atoms with Crippen molar-refractivity contribution in [2.24, 2.45) is 4.99 Å².